The van der Waals surface area contributed by atoms with Crippen molar-refractivity contribution in [3.63, 3.8) is 0 Å². The first kappa shape index (κ1) is 15.0. The summed E-state index contributed by atoms with van der Waals surface area (Å²) in [4.78, 5) is 20.4. The molecule has 0 spiro atoms. The van der Waals surface area contributed by atoms with Crippen LogP contribution in [0.15, 0.2) is 6.20 Å². The highest BCUT2D eigenvalue weighted by Gasteiger charge is 2.10. The fourth-order valence-electron chi connectivity index (χ4n) is 1.75. The molecule has 0 unspecified atom stereocenters. The van der Waals surface area contributed by atoms with Crippen molar-refractivity contribution >= 4 is 28.7 Å². The number of aromatic amines is 1. The topological polar surface area (TPSA) is 108 Å². The molecule has 2 aromatic rings. The molecule has 0 aliphatic rings. The molecule has 2 rings (SSSR count). The minimum absolute atomic E-state index is 0.0658. The predicted molar refractivity (Wildman–Crippen MR) is 82.2 cm³/mol. The fourth-order valence-corrected chi connectivity index (χ4v) is 1.75. The lowest BCUT2D eigenvalue weighted by atomic mass is 10.2. The number of carbonyl (C=O) groups excluding carboxylic acids is 1. The van der Waals surface area contributed by atoms with Crippen molar-refractivity contribution < 1.29 is 4.79 Å². The average molecular weight is 291 g/mol. The van der Waals surface area contributed by atoms with Gasteiger partial charge in [-0.1, -0.05) is 13.8 Å². The van der Waals surface area contributed by atoms with Gasteiger partial charge in [-0.25, -0.2) is 0 Å². The predicted octanol–water partition coefficient (Wildman–Crippen LogP) is 0.969. The van der Waals surface area contributed by atoms with Gasteiger partial charge in [0.05, 0.1) is 18.1 Å². The third kappa shape index (κ3) is 4.04. The number of aromatic nitrogens is 4. The number of amides is 1. The lowest BCUT2D eigenvalue weighted by molar-refractivity contribution is -0.119. The van der Waals surface area contributed by atoms with Crippen molar-refractivity contribution in [3.05, 3.63) is 6.20 Å². The molecule has 0 saturated heterocycles. The molecule has 114 valence electrons. The molecule has 0 atom stereocenters. The van der Waals surface area contributed by atoms with Gasteiger partial charge in [-0.2, -0.15) is 15.1 Å². The van der Waals surface area contributed by atoms with Gasteiger partial charge in [0, 0.05) is 13.1 Å². The average Bonchev–Trinajstić information content (AvgIpc) is 2.91. The van der Waals surface area contributed by atoms with Crippen LogP contribution in [-0.4, -0.2) is 45.7 Å². The Morgan fingerprint density at radius 2 is 2.14 bits per heavy atom. The molecule has 0 fully saturated rings. The lowest BCUT2D eigenvalue weighted by Gasteiger charge is -2.10. The number of hydrogen-bond acceptors (Lipinski definition) is 6. The van der Waals surface area contributed by atoms with E-state index in [0.29, 0.717) is 36.4 Å². The highest BCUT2D eigenvalue weighted by molar-refractivity contribution is 5.89. The molecule has 8 heteroatoms. The van der Waals surface area contributed by atoms with Crippen LogP contribution >= 0.6 is 0 Å². The van der Waals surface area contributed by atoms with Gasteiger partial charge < -0.3 is 16.0 Å². The van der Waals surface area contributed by atoms with Crippen LogP contribution in [-0.2, 0) is 4.79 Å². The molecule has 0 aromatic carbocycles. The number of nitrogens with zero attached hydrogens (tertiary/aromatic N) is 3. The summed E-state index contributed by atoms with van der Waals surface area (Å²) in [7, 11) is 0. The molecule has 8 nitrogen and oxygen atoms in total. The van der Waals surface area contributed by atoms with Crippen molar-refractivity contribution in [2.24, 2.45) is 5.92 Å². The smallest absolute Gasteiger partial charge is 0.239 e. The summed E-state index contributed by atoms with van der Waals surface area (Å²) in [6, 6.07) is 0. The van der Waals surface area contributed by atoms with Crippen LogP contribution in [0.2, 0.25) is 0 Å². The van der Waals surface area contributed by atoms with E-state index in [0.717, 1.165) is 5.39 Å². The largest absolute Gasteiger partial charge is 0.360 e. The molecular formula is C13H21N7O. The van der Waals surface area contributed by atoms with Crippen molar-refractivity contribution in [2.45, 2.75) is 20.8 Å². The van der Waals surface area contributed by atoms with E-state index >= 15 is 0 Å². The molecular weight excluding hydrogens is 270 g/mol. The van der Waals surface area contributed by atoms with Gasteiger partial charge in [-0.05, 0) is 12.8 Å². The zero-order chi connectivity index (χ0) is 15.2. The van der Waals surface area contributed by atoms with Crippen LogP contribution in [0.25, 0.3) is 11.0 Å². The van der Waals surface area contributed by atoms with Crippen molar-refractivity contribution in [1.82, 2.24) is 25.5 Å². The van der Waals surface area contributed by atoms with Crippen molar-refractivity contribution in [1.29, 1.82) is 0 Å². The summed E-state index contributed by atoms with van der Waals surface area (Å²) >= 11 is 0. The summed E-state index contributed by atoms with van der Waals surface area (Å²) in [5, 5.41) is 16.4. The molecule has 0 aliphatic carbocycles. The van der Waals surface area contributed by atoms with Crippen LogP contribution < -0.4 is 16.0 Å². The van der Waals surface area contributed by atoms with Gasteiger partial charge in [-0.15, -0.1) is 0 Å². The number of hydrogen-bond donors (Lipinski definition) is 4. The molecule has 2 aromatic heterocycles. The molecule has 0 saturated carbocycles. The van der Waals surface area contributed by atoms with Crippen LogP contribution in [0.1, 0.15) is 20.8 Å². The van der Waals surface area contributed by atoms with E-state index in [2.05, 4.69) is 50.0 Å². The van der Waals surface area contributed by atoms with Gasteiger partial charge in [0.2, 0.25) is 11.9 Å². The Morgan fingerprint density at radius 3 is 2.86 bits per heavy atom. The van der Waals surface area contributed by atoms with E-state index in [1.54, 1.807) is 6.20 Å². The maximum Gasteiger partial charge on any atom is 0.239 e. The van der Waals surface area contributed by atoms with Crippen molar-refractivity contribution in [2.75, 3.05) is 30.3 Å². The Morgan fingerprint density at radius 1 is 1.33 bits per heavy atom. The minimum atomic E-state index is -0.0658. The van der Waals surface area contributed by atoms with E-state index in [9.17, 15) is 4.79 Å². The summed E-state index contributed by atoms with van der Waals surface area (Å²) < 4.78 is 0. The molecule has 0 radical (unpaired) electrons. The summed E-state index contributed by atoms with van der Waals surface area (Å²) in [5.74, 6) is 1.45. The molecule has 1 amide bonds. The zero-order valence-electron chi connectivity index (χ0n) is 12.5. The number of rotatable bonds is 7. The first-order valence-electron chi connectivity index (χ1n) is 7.05. The maximum atomic E-state index is 11.7. The third-order valence-electron chi connectivity index (χ3n) is 2.77. The molecule has 4 N–H and O–H groups in total. The first-order valence-corrected chi connectivity index (χ1v) is 7.05. The molecule has 0 bridgehead atoms. The van der Waals surface area contributed by atoms with Crippen LogP contribution in [0.3, 0.4) is 0 Å². The van der Waals surface area contributed by atoms with E-state index < -0.39 is 0 Å². The van der Waals surface area contributed by atoms with Gasteiger partial charge in [0.1, 0.15) is 5.82 Å². The number of nitrogens with one attached hydrogen (secondary N) is 4. The molecule has 0 aliphatic heterocycles. The Hall–Kier alpha value is -2.38. The monoisotopic (exact) mass is 291 g/mol. The number of H-pyrrole nitrogens is 1. The Balaban J connectivity index is 2.06. The summed E-state index contributed by atoms with van der Waals surface area (Å²) in [6.07, 6.45) is 1.64. The second-order valence-electron chi connectivity index (χ2n) is 5.11. The number of carbonyl (C=O) groups is 1. The van der Waals surface area contributed by atoms with E-state index in [1.807, 2.05) is 6.92 Å². The fraction of sp³-hybridized carbons (Fsp3) is 0.538. The van der Waals surface area contributed by atoms with Crippen LogP contribution in [0.5, 0.6) is 0 Å². The number of anilines is 2. The van der Waals surface area contributed by atoms with Gasteiger partial charge in [0.15, 0.2) is 5.65 Å². The Kier molecular flexibility index (Phi) is 4.91. The summed E-state index contributed by atoms with van der Waals surface area (Å²) in [6.45, 7) is 7.61. The SMILES string of the molecule is CCNc1nc(NCC(=O)NCC(C)C)c2cn[nH]c2n1. The number of fused-ring (bicyclic) bond motifs is 1. The second kappa shape index (κ2) is 6.87. The Bertz CT molecular complexity index is 608. The van der Waals surface area contributed by atoms with E-state index in [-0.39, 0.29) is 12.5 Å². The van der Waals surface area contributed by atoms with Gasteiger partial charge in [0.25, 0.3) is 0 Å². The normalized spacial score (nSPS) is 10.9. The third-order valence-corrected chi connectivity index (χ3v) is 2.77. The van der Waals surface area contributed by atoms with Crippen LogP contribution in [0.4, 0.5) is 11.8 Å². The van der Waals surface area contributed by atoms with E-state index in [1.165, 1.54) is 0 Å². The van der Waals surface area contributed by atoms with E-state index in [4.69, 9.17) is 0 Å². The van der Waals surface area contributed by atoms with Gasteiger partial charge >= 0.3 is 0 Å². The second-order valence-corrected chi connectivity index (χ2v) is 5.11. The maximum absolute atomic E-state index is 11.7. The minimum Gasteiger partial charge on any atom is -0.360 e. The first-order chi connectivity index (χ1) is 10.1. The molecule has 2 heterocycles. The zero-order valence-corrected chi connectivity index (χ0v) is 12.5. The highest BCUT2D eigenvalue weighted by atomic mass is 16.1. The Labute approximate surface area is 123 Å². The highest BCUT2D eigenvalue weighted by Crippen LogP contribution is 2.19. The van der Waals surface area contributed by atoms with Crippen LogP contribution in [0, 0.1) is 5.92 Å². The standard InChI is InChI=1S/C13H21N7O/c1-4-14-13-18-11(9-6-17-20-12(9)19-13)16-7-10(21)15-5-8(2)3/h6,8H,4-5,7H2,1-3H3,(H,15,21)(H3,14,16,17,18,19,20). The summed E-state index contributed by atoms with van der Waals surface area (Å²) in [5.41, 5.74) is 0.631. The van der Waals surface area contributed by atoms with Gasteiger partial charge in [-0.3, -0.25) is 9.89 Å². The molecule has 21 heavy (non-hydrogen) atoms. The quantitative estimate of drug-likeness (QED) is 0.605. The lowest BCUT2D eigenvalue weighted by Crippen LogP contribution is -2.32. The van der Waals surface area contributed by atoms with Crippen molar-refractivity contribution in [3.8, 4) is 0 Å².